The molecule has 12 heteroatoms. The lowest BCUT2D eigenvalue weighted by molar-refractivity contribution is -0.118. The predicted octanol–water partition coefficient (Wildman–Crippen LogP) is 2.89. The summed E-state index contributed by atoms with van der Waals surface area (Å²) < 4.78 is 26.2. The molecule has 2 aromatic rings. The highest BCUT2D eigenvalue weighted by Crippen LogP contribution is 2.32. The molecule has 29 heavy (non-hydrogen) atoms. The SMILES string of the molecule is CCCNC(=O)CSc1nnc(SC(C)C(=O)c2ccc(NS(C)(=O)=O)cc2)s1. The average Bonchev–Trinajstić information content (AvgIpc) is 3.10. The van der Waals surface area contributed by atoms with Crippen LogP contribution in [0, 0.1) is 0 Å². The number of amides is 1. The van der Waals surface area contributed by atoms with Crippen molar-refractivity contribution >= 4 is 62.3 Å². The van der Waals surface area contributed by atoms with Crippen molar-refractivity contribution in [2.75, 3.05) is 23.3 Å². The molecule has 1 atom stereocenters. The molecular weight excluding hydrogens is 452 g/mol. The van der Waals surface area contributed by atoms with Gasteiger partial charge in [-0.2, -0.15) is 0 Å². The van der Waals surface area contributed by atoms with Gasteiger partial charge in [0, 0.05) is 17.8 Å². The monoisotopic (exact) mass is 474 g/mol. The molecule has 0 fully saturated rings. The highest BCUT2D eigenvalue weighted by Gasteiger charge is 2.19. The van der Waals surface area contributed by atoms with E-state index in [2.05, 4.69) is 20.2 Å². The molecule has 1 aromatic carbocycles. The van der Waals surface area contributed by atoms with Crippen LogP contribution in [0.25, 0.3) is 0 Å². The Morgan fingerprint density at radius 1 is 1.17 bits per heavy atom. The Morgan fingerprint density at radius 3 is 2.45 bits per heavy atom. The summed E-state index contributed by atoms with van der Waals surface area (Å²) in [5.41, 5.74) is 0.883. The number of anilines is 1. The fourth-order valence-corrected chi connectivity index (χ4v) is 5.74. The van der Waals surface area contributed by atoms with E-state index in [4.69, 9.17) is 0 Å². The van der Waals surface area contributed by atoms with Gasteiger partial charge < -0.3 is 5.32 Å². The number of sulfonamides is 1. The van der Waals surface area contributed by atoms with Crippen molar-refractivity contribution in [1.82, 2.24) is 15.5 Å². The van der Waals surface area contributed by atoms with E-state index < -0.39 is 10.0 Å². The highest BCUT2D eigenvalue weighted by atomic mass is 32.2. The lowest BCUT2D eigenvalue weighted by Crippen LogP contribution is -2.25. The molecule has 1 unspecified atom stereocenters. The molecule has 0 saturated heterocycles. The number of hydrogen-bond acceptors (Lipinski definition) is 9. The second kappa shape index (κ2) is 11.0. The van der Waals surface area contributed by atoms with Crippen LogP contribution < -0.4 is 10.0 Å². The summed E-state index contributed by atoms with van der Waals surface area (Å²) in [5.74, 6) is 0.143. The molecule has 1 aromatic heterocycles. The lowest BCUT2D eigenvalue weighted by Gasteiger charge is -2.09. The maximum atomic E-state index is 12.6. The van der Waals surface area contributed by atoms with Gasteiger partial charge in [-0.3, -0.25) is 14.3 Å². The van der Waals surface area contributed by atoms with Crippen molar-refractivity contribution in [1.29, 1.82) is 0 Å². The number of nitrogens with one attached hydrogen (secondary N) is 2. The zero-order valence-corrected chi connectivity index (χ0v) is 19.4. The van der Waals surface area contributed by atoms with Crippen molar-refractivity contribution in [2.45, 2.75) is 34.2 Å². The standard InChI is InChI=1S/C17H22N4O4S4/c1-4-9-18-14(22)10-26-16-19-20-17(28-16)27-11(2)15(23)12-5-7-13(8-6-12)21-29(3,24)25/h5-8,11,21H,4,9-10H2,1-3H3,(H,18,22). The first-order valence-corrected chi connectivity index (χ1v) is 13.3. The lowest BCUT2D eigenvalue weighted by atomic mass is 10.1. The largest absolute Gasteiger partial charge is 0.355 e. The topological polar surface area (TPSA) is 118 Å². The first-order chi connectivity index (χ1) is 13.7. The van der Waals surface area contributed by atoms with Crippen molar-refractivity contribution < 1.29 is 18.0 Å². The second-order valence-electron chi connectivity index (χ2n) is 6.05. The summed E-state index contributed by atoms with van der Waals surface area (Å²) in [6.07, 6.45) is 1.95. The third-order valence-electron chi connectivity index (χ3n) is 3.41. The molecule has 2 rings (SSSR count). The quantitative estimate of drug-likeness (QED) is 0.377. The minimum Gasteiger partial charge on any atom is -0.355 e. The maximum absolute atomic E-state index is 12.6. The third-order valence-corrected chi connectivity index (χ3v) is 7.25. The Morgan fingerprint density at radius 2 is 1.83 bits per heavy atom. The van der Waals surface area contributed by atoms with E-state index in [-0.39, 0.29) is 22.7 Å². The number of benzene rings is 1. The Hall–Kier alpha value is -1.63. The van der Waals surface area contributed by atoms with E-state index >= 15 is 0 Å². The summed E-state index contributed by atoms with van der Waals surface area (Å²) in [6.45, 7) is 4.43. The number of thioether (sulfide) groups is 2. The van der Waals surface area contributed by atoms with Gasteiger partial charge in [-0.05, 0) is 37.6 Å². The summed E-state index contributed by atoms with van der Waals surface area (Å²) >= 11 is 3.96. The number of hydrogen-bond donors (Lipinski definition) is 2. The maximum Gasteiger partial charge on any atom is 0.230 e. The predicted molar refractivity (Wildman–Crippen MR) is 118 cm³/mol. The van der Waals surface area contributed by atoms with E-state index in [1.54, 1.807) is 31.2 Å². The zero-order chi connectivity index (χ0) is 21.4. The minimum atomic E-state index is -3.36. The fraction of sp³-hybridized carbons (Fsp3) is 0.412. The van der Waals surface area contributed by atoms with Gasteiger partial charge in [-0.25, -0.2) is 8.42 Å². The first-order valence-electron chi connectivity index (χ1n) is 8.69. The minimum absolute atomic E-state index is 0.0430. The molecule has 0 aliphatic heterocycles. The van der Waals surface area contributed by atoms with Crippen LogP contribution in [0.3, 0.4) is 0 Å². The van der Waals surface area contributed by atoms with Crippen molar-refractivity contribution in [3.8, 4) is 0 Å². The Labute approximate surface area is 182 Å². The van der Waals surface area contributed by atoms with E-state index in [9.17, 15) is 18.0 Å². The fourth-order valence-electron chi connectivity index (χ4n) is 2.10. The molecular formula is C17H22N4O4S4. The molecule has 0 spiro atoms. The molecule has 0 radical (unpaired) electrons. The van der Waals surface area contributed by atoms with Gasteiger partial charge in [0.2, 0.25) is 15.9 Å². The van der Waals surface area contributed by atoms with Crippen LogP contribution >= 0.6 is 34.9 Å². The normalized spacial score (nSPS) is 12.4. The van der Waals surface area contributed by atoms with Crippen LogP contribution in [0.15, 0.2) is 32.9 Å². The Bertz CT molecular complexity index is 945. The average molecular weight is 475 g/mol. The summed E-state index contributed by atoms with van der Waals surface area (Å²) in [6, 6.07) is 6.27. The molecule has 8 nitrogen and oxygen atoms in total. The number of rotatable bonds is 11. The van der Waals surface area contributed by atoms with E-state index in [0.29, 0.717) is 26.5 Å². The molecule has 1 amide bonds. The van der Waals surface area contributed by atoms with Gasteiger partial charge in [0.25, 0.3) is 0 Å². The molecule has 158 valence electrons. The highest BCUT2D eigenvalue weighted by molar-refractivity contribution is 8.04. The second-order valence-corrected chi connectivity index (χ2v) is 11.6. The molecule has 0 aliphatic carbocycles. The van der Waals surface area contributed by atoms with Crippen LogP contribution in [0.5, 0.6) is 0 Å². The molecule has 1 heterocycles. The Kier molecular flexibility index (Phi) is 8.93. The van der Waals surface area contributed by atoms with Crippen LogP contribution in [-0.2, 0) is 14.8 Å². The van der Waals surface area contributed by atoms with Crippen LogP contribution in [0.2, 0.25) is 0 Å². The van der Waals surface area contributed by atoms with Gasteiger partial charge in [0.1, 0.15) is 0 Å². The van der Waals surface area contributed by atoms with Crippen LogP contribution in [0.4, 0.5) is 5.69 Å². The van der Waals surface area contributed by atoms with Crippen molar-refractivity contribution in [3.63, 3.8) is 0 Å². The van der Waals surface area contributed by atoms with Crippen LogP contribution in [0.1, 0.15) is 30.6 Å². The number of Topliss-reactive ketones (excluding diaryl/α,β-unsaturated/α-hetero) is 1. The van der Waals surface area contributed by atoms with Crippen molar-refractivity contribution in [3.05, 3.63) is 29.8 Å². The smallest absolute Gasteiger partial charge is 0.230 e. The Balaban J connectivity index is 1.89. The van der Waals surface area contributed by atoms with Gasteiger partial charge in [0.05, 0.1) is 17.3 Å². The third kappa shape index (κ3) is 8.33. The summed E-state index contributed by atoms with van der Waals surface area (Å²) in [5, 5.41) is 10.5. The van der Waals surface area contributed by atoms with E-state index in [1.165, 1.54) is 34.9 Å². The number of carbonyl (C=O) groups excluding carboxylic acids is 2. The number of aromatic nitrogens is 2. The van der Waals surface area contributed by atoms with Gasteiger partial charge in [0.15, 0.2) is 14.5 Å². The number of ketones is 1. The number of carbonyl (C=O) groups is 2. The summed E-state index contributed by atoms with van der Waals surface area (Å²) in [4.78, 5) is 24.3. The molecule has 0 aliphatic rings. The number of nitrogens with zero attached hydrogens (tertiary/aromatic N) is 2. The molecule has 0 saturated carbocycles. The molecule has 0 bridgehead atoms. The van der Waals surface area contributed by atoms with E-state index in [0.717, 1.165) is 12.7 Å². The van der Waals surface area contributed by atoms with Gasteiger partial charge >= 0.3 is 0 Å². The first kappa shape index (κ1) is 23.6. The van der Waals surface area contributed by atoms with Gasteiger partial charge in [-0.15, -0.1) is 10.2 Å². The molecule has 2 N–H and O–H groups in total. The van der Waals surface area contributed by atoms with E-state index in [1.807, 2.05) is 6.92 Å². The zero-order valence-electron chi connectivity index (χ0n) is 16.2. The van der Waals surface area contributed by atoms with Gasteiger partial charge in [-0.1, -0.05) is 41.8 Å². The van der Waals surface area contributed by atoms with Crippen LogP contribution in [-0.4, -0.2) is 54.1 Å². The van der Waals surface area contributed by atoms with Crippen molar-refractivity contribution in [2.24, 2.45) is 0 Å². The summed E-state index contributed by atoms with van der Waals surface area (Å²) in [7, 11) is -3.36.